The van der Waals surface area contributed by atoms with Crippen molar-refractivity contribution in [3.63, 3.8) is 0 Å². The van der Waals surface area contributed by atoms with Crippen LogP contribution in [-0.2, 0) is 6.54 Å². The molecule has 2 aromatic heterocycles. The number of nitrogens with one attached hydrogen (secondary N) is 2. The fourth-order valence-corrected chi connectivity index (χ4v) is 2.35. The molecule has 0 aromatic carbocycles. The first-order chi connectivity index (χ1) is 7.79. The first-order valence-corrected chi connectivity index (χ1v) is 6.36. The number of anilines is 1. The summed E-state index contributed by atoms with van der Waals surface area (Å²) in [6, 6.07) is 1.98. The number of rotatable bonds is 4. The molecule has 0 radical (unpaired) electrons. The molecule has 1 amide bonds. The van der Waals surface area contributed by atoms with Crippen molar-refractivity contribution in [1.82, 2.24) is 15.5 Å². The maximum Gasteiger partial charge on any atom is 0.282 e. The van der Waals surface area contributed by atoms with Gasteiger partial charge in [-0.25, -0.2) is 0 Å². The fraction of sp³-hybridized carbons (Fsp3) is 0.222. The number of hydrogen-bond acceptors (Lipinski definition) is 6. The van der Waals surface area contributed by atoms with Crippen LogP contribution in [0.25, 0.3) is 0 Å². The van der Waals surface area contributed by atoms with Crippen molar-refractivity contribution >= 4 is 33.7 Å². The second-order valence-corrected chi connectivity index (χ2v) is 4.73. The number of carbonyl (C=O) groups excluding carboxylic acids is 1. The molecule has 2 heterocycles. The average Bonchev–Trinajstić information content (AvgIpc) is 2.96. The van der Waals surface area contributed by atoms with Crippen LogP contribution in [0.2, 0.25) is 0 Å². The highest BCUT2D eigenvalue weighted by atomic mass is 32.1. The Morgan fingerprint density at radius 3 is 3.00 bits per heavy atom. The molecule has 16 heavy (non-hydrogen) atoms. The number of nitrogens with zero attached hydrogens (tertiary/aromatic N) is 2. The van der Waals surface area contributed by atoms with E-state index in [2.05, 4.69) is 20.8 Å². The zero-order chi connectivity index (χ0) is 11.4. The van der Waals surface area contributed by atoms with Crippen molar-refractivity contribution in [1.29, 1.82) is 0 Å². The van der Waals surface area contributed by atoms with Crippen LogP contribution in [-0.4, -0.2) is 23.2 Å². The molecule has 0 spiro atoms. The van der Waals surface area contributed by atoms with Crippen molar-refractivity contribution < 1.29 is 4.79 Å². The largest absolute Gasteiger partial charge is 0.363 e. The van der Waals surface area contributed by atoms with E-state index in [0.717, 1.165) is 5.56 Å². The third kappa shape index (κ3) is 2.56. The average molecular weight is 254 g/mol. The first-order valence-electron chi connectivity index (χ1n) is 4.60. The van der Waals surface area contributed by atoms with Gasteiger partial charge < -0.3 is 10.6 Å². The van der Waals surface area contributed by atoms with Gasteiger partial charge in [0.25, 0.3) is 5.91 Å². The Balaban J connectivity index is 1.93. The van der Waals surface area contributed by atoms with Crippen LogP contribution >= 0.6 is 22.7 Å². The van der Waals surface area contributed by atoms with Gasteiger partial charge in [-0.3, -0.25) is 4.79 Å². The molecule has 84 valence electrons. The van der Waals surface area contributed by atoms with Crippen LogP contribution < -0.4 is 10.6 Å². The van der Waals surface area contributed by atoms with E-state index in [4.69, 9.17) is 0 Å². The number of hydrogen-bond donors (Lipinski definition) is 2. The minimum absolute atomic E-state index is 0.190. The number of thiophene rings is 1. The number of amides is 1. The molecular weight excluding hydrogens is 244 g/mol. The molecule has 2 aromatic rings. The number of carbonyl (C=O) groups is 1. The van der Waals surface area contributed by atoms with Crippen molar-refractivity contribution in [3.8, 4) is 0 Å². The van der Waals surface area contributed by atoms with E-state index in [1.165, 1.54) is 11.3 Å². The molecule has 0 aliphatic heterocycles. The topological polar surface area (TPSA) is 66.9 Å². The lowest BCUT2D eigenvalue weighted by atomic mass is 10.3. The standard InChI is InChI=1S/C9H10N4OS2/c1-10-9-13-12-8(16-9)7(14)11-4-6-2-3-15-5-6/h2-3,5H,4H2,1H3,(H,10,13)(H,11,14). The van der Waals surface area contributed by atoms with Crippen LogP contribution in [0.15, 0.2) is 16.8 Å². The van der Waals surface area contributed by atoms with Crippen LogP contribution in [0.3, 0.4) is 0 Å². The molecule has 0 aliphatic carbocycles. The van der Waals surface area contributed by atoms with Crippen molar-refractivity contribution in [2.24, 2.45) is 0 Å². The van der Waals surface area contributed by atoms with Crippen LogP contribution in [0.4, 0.5) is 5.13 Å². The van der Waals surface area contributed by atoms with Gasteiger partial charge in [0.05, 0.1) is 0 Å². The molecule has 0 atom stereocenters. The van der Waals surface area contributed by atoms with Gasteiger partial charge >= 0.3 is 0 Å². The van der Waals surface area contributed by atoms with E-state index in [-0.39, 0.29) is 5.91 Å². The Labute approximate surface area is 101 Å². The Kier molecular flexibility index (Phi) is 3.47. The minimum atomic E-state index is -0.190. The normalized spacial score (nSPS) is 10.1. The Morgan fingerprint density at radius 1 is 1.50 bits per heavy atom. The van der Waals surface area contributed by atoms with Crippen molar-refractivity contribution in [2.45, 2.75) is 6.54 Å². The predicted octanol–water partition coefficient (Wildman–Crippen LogP) is 1.57. The van der Waals surface area contributed by atoms with Gasteiger partial charge in [-0.1, -0.05) is 11.3 Å². The van der Waals surface area contributed by atoms with Gasteiger partial charge in [0.1, 0.15) is 0 Å². The summed E-state index contributed by atoms with van der Waals surface area (Å²) in [6.07, 6.45) is 0. The Morgan fingerprint density at radius 2 is 2.38 bits per heavy atom. The molecule has 7 heteroatoms. The third-order valence-corrected chi connectivity index (χ3v) is 3.54. The smallest absolute Gasteiger partial charge is 0.282 e. The third-order valence-electron chi connectivity index (χ3n) is 1.87. The quantitative estimate of drug-likeness (QED) is 0.869. The lowest BCUT2D eigenvalue weighted by Gasteiger charge is -1.99. The highest BCUT2D eigenvalue weighted by Crippen LogP contribution is 2.14. The van der Waals surface area contributed by atoms with E-state index >= 15 is 0 Å². The monoisotopic (exact) mass is 254 g/mol. The molecule has 0 aliphatic rings. The van der Waals surface area contributed by atoms with Gasteiger partial charge in [-0.2, -0.15) is 11.3 Å². The van der Waals surface area contributed by atoms with Gasteiger partial charge in [-0.05, 0) is 22.4 Å². The zero-order valence-electron chi connectivity index (χ0n) is 8.56. The van der Waals surface area contributed by atoms with Gasteiger partial charge in [0.15, 0.2) is 0 Å². The molecule has 5 nitrogen and oxygen atoms in total. The SMILES string of the molecule is CNc1nnc(C(=O)NCc2ccsc2)s1. The lowest BCUT2D eigenvalue weighted by molar-refractivity contribution is 0.0950. The molecule has 0 unspecified atom stereocenters. The van der Waals surface area contributed by atoms with E-state index < -0.39 is 0 Å². The summed E-state index contributed by atoms with van der Waals surface area (Å²) in [5, 5.41) is 18.2. The summed E-state index contributed by atoms with van der Waals surface area (Å²) < 4.78 is 0. The summed E-state index contributed by atoms with van der Waals surface area (Å²) in [7, 11) is 1.74. The van der Waals surface area contributed by atoms with E-state index in [0.29, 0.717) is 16.7 Å². The minimum Gasteiger partial charge on any atom is -0.363 e. The summed E-state index contributed by atoms with van der Waals surface area (Å²) in [4.78, 5) is 11.6. The van der Waals surface area contributed by atoms with Crippen LogP contribution in [0.5, 0.6) is 0 Å². The summed E-state index contributed by atoms with van der Waals surface area (Å²) in [5.74, 6) is -0.190. The zero-order valence-corrected chi connectivity index (χ0v) is 10.2. The van der Waals surface area contributed by atoms with Crippen LogP contribution in [0, 0.1) is 0 Å². The molecule has 2 N–H and O–H groups in total. The van der Waals surface area contributed by atoms with E-state index in [1.807, 2.05) is 16.8 Å². The van der Waals surface area contributed by atoms with E-state index in [1.54, 1.807) is 18.4 Å². The van der Waals surface area contributed by atoms with E-state index in [9.17, 15) is 4.79 Å². The number of aromatic nitrogens is 2. The molecular formula is C9H10N4OS2. The molecule has 0 saturated carbocycles. The Bertz CT molecular complexity index is 466. The molecule has 2 rings (SSSR count). The molecule has 0 bridgehead atoms. The van der Waals surface area contributed by atoms with Gasteiger partial charge in [0.2, 0.25) is 10.1 Å². The molecule has 0 fully saturated rings. The Hall–Kier alpha value is -1.47. The second-order valence-electron chi connectivity index (χ2n) is 2.98. The summed E-state index contributed by atoms with van der Waals surface area (Å²) in [6.45, 7) is 0.525. The molecule has 0 saturated heterocycles. The van der Waals surface area contributed by atoms with Crippen molar-refractivity contribution in [3.05, 3.63) is 27.4 Å². The maximum atomic E-state index is 11.6. The van der Waals surface area contributed by atoms with Crippen LogP contribution in [0.1, 0.15) is 15.4 Å². The highest BCUT2D eigenvalue weighted by Gasteiger charge is 2.11. The lowest BCUT2D eigenvalue weighted by Crippen LogP contribution is -2.22. The fourth-order valence-electron chi connectivity index (χ4n) is 1.07. The highest BCUT2D eigenvalue weighted by molar-refractivity contribution is 7.17. The van der Waals surface area contributed by atoms with Gasteiger partial charge in [0, 0.05) is 13.6 Å². The second kappa shape index (κ2) is 5.04. The first kappa shape index (κ1) is 11.0. The van der Waals surface area contributed by atoms with Crippen molar-refractivity contribution in [2.75, 3.05) is 12.4 Å². The van der Waals surface area contributed by atoms with Gasteiger partial charge in [-0.15, -0.1) is 10.2 Å². The predicted molar refractivity (Wildman–Crippen MR) is 64.9 cm³/mol. The summed E-state index contributed by atoms with van der Waals surface area (Å²) >= 11 is 2.84. The maximum absolute atomic E-state index is 11.6. The summed E-state index contributed by atoms with van der Waals surface area (Å²) in [5.41, 5.74) is 1.09.